The lowest BCUT2D eigenvalue weighted by molar-refractivity contribution is 0.0238. The van der Waals surface area contributed by atoms with Crippen LogP contribution in [0.5, 0.6) is 0 Å². The number of hydrogen-bond donors (Lipinski definition) is 1. The quantitative estimate of drug-likeness (QED) is 0.884. The van der Waals surface area contributed by atoms with Gasteiger partial charge in [-0.1, -0.05) is 47.5 Å². The van der Waals surface area contributed by atoms with Crippen LogP contribution in [0.2, 0.25) is 0 Å². The first kappa shape index (κ1) is 14.6. The Morgan fingerprint density at radius 2 is 2.05 bits per heavy atom. The first-order chi connectivity index (χ1) is 9.13. The van der Waals surface area contributed by atoms with Crippen LogP contribution < -0.4 is 0 Å². The number of aliphatic hydroxyl groups is 1. The average Bonchev–Trinajstić information content (AvgIpc) is 2.47. The molecule has 1 saturated carbocycles. The van der Waals surface area contributed by atoms with Gasteiger partial charge in [0.15, 0.2) is 0 Å². The molecule has 1 aromatic carbocycles. The zero-order valence-corrected chi connectivity index (χ0v) is 12.9. The van der Waals surface area contributed by atoms with Gasteiger partial charge in [0.25, 0.3) is 0 Å². The molecule has 2 nitrogen and oxygen atoms in total. The van der Waals surface area contributed by atoms with E-state index >= 15 is 0 Å². The fourth-order valence-electron chi connectivity index (χ4n) is 3.04. The summed E-state index contributed by atoms with van der Waals surface area (Å²) in [5.41, 5.74) is 0.217. The van der Waals surface area contributed by atoms with Crippen molar-refractivity contribution in [3.8, 4) is 6.07 Å². The van der Waals surface area contributed by atoms with Gasteiger partial charge < -0.3 is 5.11 Å². The van der Waals surface area contributed by atoms with Crippen LogP contribution in [0, 0.1) is 22.7 Å². The van der Waals surface area contributed by atoms with Crippen molar-refractivity contribution in [2.45, 2.75) is 45.1 Å². The van der Waals surface area contributed by atoms with E-state index in [0.29, 0.717) is 5.92 Å². The zero-order chi connectivity index (χ0) is 13.9. The summed E-state index contributed by atoms with van der Waals surface area (Å²) >= 11 is 3.47. The number of nitrogens with zero attached hydrogens (tertiary/aromatic N) is 1. The third-order valence-electron chi connectivity index (χ3n) is 4.52. The molecule has 1 aromatic rings. The summed E-state index contributed by atoms with van der Waals surface area (Å²) in [4.78, 5) is 0. The average molecular weight is 322 g/mol. The van der Waals surface area contributed by atoms with Gasteiger partial charge in [0.1, 0.15) is 0 Å². The monoisotopic (exact) mass is 321 g/mol. The van der Waals surface area contributed by atoms with Gasteiger partial charge in [-0.15, -0.1) is 0 Å². The Hall–Kier alpha value is -0.850. The van der Waals surface area contributed by atoms with Gasteiger partial charge in [0, 0.05) is 4.47 Å². The lowest BCUT2D eigenvalue weighted by Crippen LogP contribution is -2.32. The fraction of sp³-hybridized carbons (Fsp3) is 0.562. The summed E-state index contributed by atoms with van der Waals surface area (Å²) in [7, 11) is 0. The van der Waals surface area contributed by atoms with E-state index in [-0.39, 0.29) is 0 Å². The molecule has 3 heteroatoms. The summed E-state index contributed by atoms with van der Waals surface area (Å²) in [6.45, 7) is 2.20. The predicted molar refractivity (Wildman–Crippen MR) is 79.4 cm³/mol. The molecule has 1 N–H and O–H groups in total. The lowest BCUT2D eigenvalue weighted by Gasteiger charge is -2.38. The van der Waals surface area contributed by atoms with Crippen LogP contribution in [0.1, 0.15) is 50.7 Å². The van der Waals surface area contributed by atoms with Crippen molar-refractivity contribution in [1.29, 1.82) is 5.26 Å². The van der Waals surface area contributed by atoms with Crippen LogP contribution in [-0.2, 0) is 0 Å². The Bertz CT molecular complexity index is 472. The highest BCUT2D eigenvalue weighted by molar-refractivity contribution is 9.10. The molecule has 0 bridgehead atoms. The summed E-state index contributed by atoms with van der Waals surface area (Å²) in [6.07, 6.45) is 4.16. The molecular weight excluding hydrogens is 302 g/mol. The number of nitriles is 1. The van der Waals surface area contributed by atoms with Gasteiger partial charge in [-0.3, -0.25) is 0 Å². The van der Waals surface area contributed by atoms with Crippen molar-refractivity contribution in [1.82, 2.24) is 0 Å². The minimum atomic E-state index is -0.703. The third kappa shape index (κ3) is 2.85. The molecule has 2 rings (SSSR count). The SMILES string of the molecule is CCC1CCC(C#N)(C(O)c2ccccc2Br)CC1. The second kappa shape index (κ2) is 6.07. The number of hydrogen-bond acceptors (Lipinski definition) is 2. The molecule has 102 valence electrons. The minimum absolute atomic E-state index is 0.616. The van der Waals surface area contributed by atoms with Crippen LogP contribution in [-0.4, -0.2) is 5.11 Å². The Morgan fingerprint density at radius 3 is 2.58 bits per heavy atom. The van der Waals surface area contributed by atoms with E-state index in [9.17, 15) is 10.4 Å². The second-order valence-corrected chi connectivity index (χ2v) is 6.40. The third-order valence-corrected chi connectivity index (χ3v) is 5.24. The van der Waals surface area contributed by atoms with Gasteiger partial charge in [0.05, 0.1) is 17.6 Å². The normalized spacial score (nSPS) is 28.6. The van der Waals surface area contributed by atoms with Crippen LogP contribution in [0.3, 0.4) is 0 Å². The molecule has 0 aromatic heterocycles. The summed E-state index contributed by atoms with van der Waals surface area (Å²) in [6, 6.07) is 10.1. The van der Waals surface area contributed by atoms with E-state index in [2.05, 4.69) is 28.9 Å². The van der Waals surface area contributed by atoms with E-state index in [0.717, 1.165) is 35.7 Å². The van der Waals surface area contributed by atoms with Gasteiger partial charge in [-0.2, -0.15) is 5.26 Å². The van der Waals surface area contributed by atoms with Gasteiger partial charge in [0.2, 0.25) is 0 Å². The molecule has 0 saturated heterocycles. The molecule has 0 radical (unpaired) electrons. The summed E-state index contributed by atoms with van der Waals surface area (Å²) in [5.74, 6) is 0.716. The Morgan fingerprint density at radius 1 is 1.42 bits per heavy atom. The Labute approximate surface area is 123 Å². The van der Waals surface area contributed by atoms with Crippen molar-refractivity contribution in [2.24, 2.45) is 11.3 Å². The van der Waals surface area contributed by atoms with E-state index in [1.54, 1.807) is 0 Å². The molecule has 1 fully saturated rings. The van der Waals surface area contributed by atoms with Crippen molar-refractivity contribution in [3.63, 3.8) is 0 Å². The zero-order valence-electron chi connectivity index (χ0n) is 11.3. The first-order valence-corrected chi connectivity index (χ1v) is 7.76. The number of aliphatic hydroxyl groups excluding tert-OH is 1. The van der Waals surface area contributed by atoms with Crippen molar-refractivity contribution < 1.29 is 5.11 Å². The van der Waals surface area contributed by atoms with Crippen LogP contribution in [0.15, 0.2) is 28.7 Å². The maximum atomic E-state index is 10.7. The van der Waals surface area contributed by atoms with Gasteiger partial charge in [-0.25, -0.2) is 0 Å². The maximum absolute atomic E-state index is 10.7. The highest BCUT2D eigenvalue weighted by Gasteiger charge is 2.42. The van der Waals surface area contributed by atoms with E-state index in [1.807, 2.05) is 24.3 Å². The Kier molecular flexibility index (Phi) is 4.65. The number of rotatable bonds is 3. The standard InChI is InChI=1S/C16H20BrNO/c1-2-12-7-9-16(11-18,10-8-12)15(19)13-5-3-4-6-14(13)17/h3-6,12,15,19H,2,7-10H2,1H3. The summed E-state index contributed by atoms with van der Waals surface area (Å²) < 4.78 is 0.884. The van der Waals surface area contributed by atoms with Crippen LogP contribution >= 0.6 is 15.9 Å². The van der Waals surface area contributed by atoms with Crippen molar-refractivity contribution in [2.75, 3.05) is 0 Å². The highest BCUT2D eigenvalue weighted by Crippen LogP contribution is 2.48. The van der Waals surface area contributed by atoms with E-state index in [1.165, 1.54) is 6.42 Å². The Balaban J connectivity index is 2.23. The lowest BCUT2D eigenvalue weighted by atomic mass is 9.66. The van der Waals surface area contributed by atoms with E-state index < -0.39 is 11.5 Å². The van der Waals surface area contributed by atoms with Gasteiger partial charge in [-0.05, 0) is 43.2 Å². The predicted octanol–water partition coefficient (Wildman–Crippen LogP) is 4.59. The highest BCUT2D eigenvalue weighted by atomic mass is 79.9. The van der Waals surface area contributed by atoms with Crippen molar-refractivity contribution >= 4 is 15.9 Å². The molecule has 0 aliphatic heterocycles. The van der Waals surface area contributed by atoms with E-state index in [4.69, 9.17) is 0 Å². The molecule has 19 heavy (non-hydrogen) atoms. The minimum Gasteiger partial charge on any atom is -0.387 e. The number of halogens is 1. The topological polar surface area (TPSA) is 44.0 Å². The number of benzene rings is 1. The molecule has 1 atom stereocenters. The molecule has 0 heterocycles. The van der Waals surface area contributed by atoms with Crippen LogP contribution in [0.25, 0.3) is 0 Å². The second-order valence-electron chi connectivity index (χ2n) is 5.54. The van der Waals surface area contributed by atoms with Crippen LogP contribution in [0.4, 0.5) is 0 Å². The molecule has 0 spiro atoms. The molecule has 1 aliphatic carbocycles. The molecular formula is C16H20BrNO. The fourth-order valence-corrected chi connectivity index (χ4v) is 3.54. The first-order valence-electron chi connectivity index (χ1n) is 6.96. The van der Waals surface area contributed by atoms with Gasteiger partial charge >= 0.3 is 0 Å². The smallest absolute Gasteiger partial charge is 0.0987 e. The molecule has 1 unspecified atom stereocenters. The summed E-state index contributed by atoms with van der Waals surface area (Å²) in [5, 5.41) is 20.3. The maximum Gasteiger partial charge on any atom is 0.0987 e. The molecule has 1 aliphatic rings. The molecule has 0 amide bonds. The van der Waals surface area contributed by atoms with Crippen molar-refractivity contribution in [3.05, 3.63) is 34.3 Å². The largest absolute Gasteiger partial charge is 0.387 e.